The van der Waals surface area contributed by atoms with E-state index in [1.54, 1.807) is 14.2 Å². The molecule has 0 fully saturated rings. The normalized spacial score (nSPS) is 12.0. The summed E-state index contributed by atoms with van der Waals surface area (Å²) in [4.78, 5) is 0. The molecule has 0 saturated carbocycles. The van der Waals surface area contributed by atoms with Crippen LogP contribution in [0.3, 0.4) is 0 Å². The van der Waals surface area contributed by atoms with Crippen molar-refractivity contribution in [3.05, 3.63) is 58.1 Å². The molecule has 0 saturated heterocycles. The van der Waals surface area contributed by atoms with Crippen molar-refractivity contribution in [3.63, 3.8) is 0 Å². The van der Waals surface area contributed by atoms with E-state index in [1.165, 1.54) is 0 Å². The fraction of sp³-hybridized carbons (Fsp3) is 0.250. The van der Waals surface area contributed by atoms with E-state index in [0.29, 0.717) is 12.2 Å². The van der Waals surface area contributed by atoms with E-state index in [9.17, 15) is 5.11 Å². The van der Waals surface area contributed by atoms with E-state index in [4.69, 9.17) is 9.47 Å². The number of ether oxygens (including phenoxy) is 2. The highest BCUT2D eigenvalue weighted by atomic mass is 79.9. The Kier molecular flexibility index (Phi) is 5.04. The molecule has 20 heavy (non-hydrogen) atoms. The standard InChI is InChI=1S/C16H17BrO3/c1-19-13-6-3-11(4-7-13)9-15(18)14-10-12(17)5-8-16(14)20-2/h3-8,10,15,18H,9H2,1-2H3. The van der Waals surface area contributed by atoms with Gasteiger partial charge in [0.25, 0.3) is 0 Å². The van der Waals surface area contributed by atoms with Gasteiger partial charge in [-0.2, -0.15) is 0 Å². The molecule has 1 unspecified atom stereocenters. The summed E-state index contributed by atoms with van der Waals surface area (Å²) < 4.78 is 11.3. The average Bonchev–Trinajstić information content (AvgIpc) is 2.48. The summed E-state index contributed by atoms with van der Waals surface area (Å²) in [5, 5.41) is 10.4. The molecule has 0 bridgehead atoms. The van der Waals surface area contributed by atoms with Crippen LogP contribution in [0.15, 0.2) is 46.9 Å². The maximum atomic E-state index is 10.4. The molecule has 1 atom stereocenters. The largest absolute Gasteiger partial charge is 0.497 e. The summed E-state index contributed by atoms with van der Waals surface area (Å²) in [5.74, 6) is 1.50. The lowest BCUT2D eigenvalue weighted by molar-refractivity contribution is 0.174. The van der Waals surface area contributed by atoms with Crippen molar-refractivity contribution < 1.29 is 14.6 Å². The Morgan fingerprint density at radius 3 is 2.35 bits per heavy atom. The molecule has 1 N–H and O–H groups in total. The van der Waals surface area contributed by atoms with E-state index in [2.05, 4.69) is 15.9 Å². The van der Waals surface area contributed by atoms with Crippen molar-refractivity contribution in [2.45, 2.75) is 12.5 Å². The van der Waals surface area contributed by atoms with Crippen molar-refractivity contribution in [2.75, 3.05) is 14.2 Å². The van der Waals surface area contributed by atoms with Crippen molar-refractivity contribution >= 4 is 15.9 Å². The maximum absolute atomic E-state index is 10.4. The molecule has 106 valence electrons. The zero-order chi connectivity index (χ0) is 14.5. The minimum absolute atomic E-state index is 0.525. The van der Waals surface area contributed by atoms with Crippen LogP contribution < -0.4 is 9.47 Å². The summed E-state index contributed by atoms with van der Waals surface area (Å²) in [6.45, 7) is 0. The monoisotopic (exact) mass is 336 g/mol. The molecule has 4 heteroatoms. The van der Waals surface area contributed by atoms with Gasteiger partial charge < -0.3 is 14.6 Å². The van der Waals surface area contributed by atoms with Crippen LogP contribution in [-0.2, 0) is 6.42 Å². The second kappa shape index (κ2) is 6.77. The zero-order valence-electron chi connectivity index (χ0n) is 11.5. The smallest absolute Gasteiger partial charge is 0.124 e. The van der Waals surface area contributed by atoms with Gasteiger partial charge in [0.1, 0.15) is 11.5 Å². The number of halogens is 1. The molecule has 0 aromatic heterocycles. The van der Waals surface area contributed by atoms with Crippen LogP contribution in [0.2, 0.25) is 0 Å². The van der Waals surface area contributed by atoms with Gasteiger partial charge in [0.05, 0.1) is 20.3 Å². The van der Waals surface area contributed by atoms with Crippen molar-refractivity contribution in [2.24, 2.45) is 0 Å². The van der Waals surface area contributed by atoms with Crippen LogP contribution in [0.5, 0.6) is 11.5 Å². The Labute approximate surface area is 127 Å². The number of aliphatic hydroxyl groups is 1. The first-order chi connectivity index (χ1) is 9.63. The summed E-state index contributed by atoms with van der Waals surface area (Å²) in [6, 6.07) is 13.3. The SMILES string of the molecule is COc1ccc(CC(O)c2cc(Br)ccc2OC)cc1. The van der Waals surface area contributed by atoms with Crippen molar-refractivity contribution in [1.29, 1.82) is 0 Å². The molecule has 2 rings (SSSR count). The quantitative estimate of drug-likeness (QED) is 0.903. The Morgan fingerprint density at radius 2 is 1.75 bits per heavy atom. The predicted octanol–water partition coefficient (Wildman–Crippen LogP) is 3.74. The third-order valence-corrected chi connectivity index (χ3v) is 3.63. The number of aliphatic hydroxyl groups excluding tert-OH is 1. The summed E-state index contributed by atoms with van der Waals surface area (Å²) >= 11 is 3.41. The molecular formula is C16H17BrO3. The lowest BCUT2D eigenvalue weighted by atomic mass is 10.0. The molecular weight excluding hydrogens is 320 g/mol. The summed E-state index contributed by atoms with van der Waals surface area (Å²) in [6.07, 6.45) is -0.0903. The van der Waals surface area contributed by atoms with Crippen LogP contribution in [0.25, 0.3) is 0 Å². The molecule has 0 spiro atoms. The third kappa shape index (κ3) is 3.52. The Bertz CT molecular complexity index is 566. The zero-order valence-corrected chi connectivity index (χ0v) is 13.1. The van der Waals surface area contributed by atoms with E-state index in [1.807, 2.05) is 42.5 Å². The Hall–Kier alpha value is -1.52. The highest BCUT2D eigenvalue weighted by molar-refractivity contribution is 9.10. The maximum Gasteiger partial charge on any atom is 0.124 e. The second-order valence-electron chi connectivity index (χ2n) is 4.45. The number of methoxy groups -OCH3 is 2. The third-order valence-electron chi connectivity index (χ3n) is 3.14. The highest BCUT2D eigenvalue weighted by Crippen LogP contribution is 2.30. The summed E-state index contributed by atoms with van der Waals surface area (Å²) in [7, 11) is 3.24. The minimum Gasteiger partial charge on any atom is -0.497 e. The van der Waals surface area contributed by atoms with Gasteiger partial charge in [-0.25, -0.2) is 0 Å². The molecule has 0 aliphatic carbocycles. The number of benzene rings is 2. The van der Waals surface area contributed by atoms with E-state index in [0.717, 1.165) is 21.3 Å². The van der Waals surface area contributed by atoms with Gasteiger partial charge in [-0.05, 0) is 35.9 Å². The van der Waals surface area contributed by atoms with Crippen LogP contribution >= 0.6 is 15.9 Å². The Balaban J connectivity index is 2.18. The second-order valence-corrected chi connectivity index (χ2v) is 5.37. The average molecular weight is 337 g/mol. The topological polar surface area (TPSA) is 38.7 Å². The van der Waals surface area contributed by atoms with E-state index >= 15 is 0 Å². The number of rotatable bonds is 5. The fourth-order valence-electron chi connectivity index (χ4n) is 2.06. The fourth-order valence-corrected chi connectivity index (χ4v) is 2.44. The first kappa shape index (κ1) is 14.9. The Morgan fingerprint density at radius 1 is 1.05 bits per heavy atom. The lowest BCUT2D eigenvalue weighted by Crippen LogP contribution is -2.04. The van der Waals surface area contributed by atoms with Gasteiger partial charge in [0, 0.05) is 16.5 Å². The lowest BCUT2D eigenvalue weighted by Gasteiger charge is -2.15. The molecule has 3 nitrogen and oxygen atoms in total. The van der Waals surface area contributed by atoms with Crippen LogP contribution in [0, 0.1) is 0 Å². The number of hydrogen-bond acceptors (Lipinski definition) is 3. The van der Waals surface area contributed by atoms with Gasteiger partial charge in [0.2, 0.25) is 0 Å². The van der Waals surface area contributed by atoms with Crippen LogP contribution in [0.1, 0.15) is 17.2 Å². The predicted molar refractivity (Wildman–Crippen MR) is 82.4 cm³/mol. The minimum atomic E-state index is -0.615. The van der Waals surface area contributed by atoms with E-state index in [-0.39, 0.29) is 0 Å². The highest BCUT2D eigenvalue weighted by Gasteiger charge is 2.14. The van der Waals surface area contributed by atoms with Gasteiger partial charge in [-0.1, -0.05) is 28.1 Å². The van der Waals surface area contributed by atoms with Crippen molar-refractivity contribution in [1.82, 2.24) is 0 Å². The molecule has 0 aliphatic rings. The first-order valence-electron chi connectivity index (χ1n) is 6.28. The molecule has 0 radical (unpaired) electrons. The molecule has 0 heterocycles. The van der Waals surface area contributed by atoms with Gasteiger partial charge in [-0.3, -0.25) is 0 Å². The first-order valence-corrected chi connectivity index (χ1v) is 7.07. The molecule has 2 aromatic carbocycles. The van der Waals surface area contributed by atoms with Crippen LogP contribution in [-0.4, -0.2) is 19.3 Å². The van der Waals surface area contributed by atoms with Gasteiger partial charge in [0.15, 0.2) is 0 Å². The molecule has 0 amide bonds. The molecule has 0 aliphatic heterocycles. The van der Waals surface area contributed by atoms with Crippen molar-refractivity contribution in [3.8, 4) is 11.5 Å². The number of hydrogen-bond donors (Lipinski definition) is 1. The van der Waals surface area contributed by atoms with Crippen LogP contribution in [0.4, 0.5) is 0 Å². The van der Waals surface area contributed by atoms with E-state index < -0.39 is 6.10 Å². The van der Waals surface area contributed by atoms with Gasteiger partial charge in [-0.15, -0.1) is 0 Å². The summed E-state index contributed by atoms with van der Waals surface area (Å²) in [5.41, 5.74) is 1.82. The van der Waals surface area contributed by atoms with Gasteiger partial charge >= 0.3 is 0 Å². The molecule has 2 aromatic rings.